The lowest BCUT2D eigenvalue weighted by atomic mass is 9.81. The van der Waals surface area contributed by atoms with Gasteiger partial charge in [0.15, 0.2) is 9.84 Å². The molecule has 0 spiro atoms. The standard InChI is InChI=1S/C15H18O5S/c16-14(17)15(6-8-21(18,19)10-15)5-3-11-1-2-13-12(9-11)4-7-20-13/h1-2,9H,3-8,10H2,(H,16,17). The van der Waals surface area contributed by atoms with E-state index in [0.717, 1.165) is 23.3 Å². The van der Waals surface area contributed by atoms with Gasteiger partial charge in [-0.05, 0) is 36.5 Å². The first-order valence-corrected chi connectivity index (χ1v) is 8.91. The fourth-order valence-corrected chi connectivity index (χ4v) is 5.27. The van der Waals surface area contributed by atoms with E-state index < -0.39 is 21.2 Å². The van der Waals surface area contributed by atoms with E-state index in [1.807, 2.05) is 18.2 Å². The Hall–Kier alpha value is -1.56. The van der Waals surface area contributed by atoms with Crippen LogP contribution in [0.5, 0.6) is 5.75 Å². The van der Waals surface area contributed by atoms with Gasteiger partial charge < -0.3 is 9.84 Å². The van der Waals surface area contributed by atoms with Gasteiger partial charge in [-0.1, -0.05) is 12.1 Å². The first-order chi connectivity index (χ1) is 9.90. The smallest absolute Gasteiger partial charge is 0.310 e. The third-order valence-electron chi connectivity index (χ3n) is 4.49. The number of aryl methyl sites for hydroxylation is 1. The van der Waals surface area contributed by atoms with Crippen LogP contribution in [-0.2, 0) is 27.5 Å². The third kappa shape index (κ3) is 2.77. The fourth-order valence-electron chi connectivity index (χ4n) is 3.17. The summed E-state index contributed by atoms with van der Waals surface area (Å²) in [5, 5.41) is 9.44. The van der Waals surface area contributed by atoms with E-state index in [1.54, 1.807) is 0 Å². The van der Waals surface area contributed by atoms with Crippen molar-refractivity contribution in [2.24, 2.45) is 5.41 Å². The second-order valence-electron chi connectivity index (χ2n) is 5.97. The van der Waals surface area contributed by atoms with Crippen molar-refractivity contribution >= 4 is 15.8 Å². The molecule has 0 amide bonds. The summed E-state index contributed by atoms with van der Waals surface area (Å²) < 4.78 is 28.7. The number of hydrogen-bond acceptors (Lipinski definition) is 4. The highest BCUT2D eigenvalue weighted by Crippen LogP contribution is 2.37. The predicted octanol–water partition coefficient (Wildman–Crippen LogP) is 1.44. The molecule has 2 aliphatic heterocycles. The first kappa shape index (κ1) is 14.4. The molecule has 114 valence electrons. The molecule has 1 fully saturated rings. The van der Waals surface area contributed by atoms with Crippen molar-refractivity contribution in [2.45, 2.75) is 25.7 Å². The Morgan fingerprint density at radius 2 is 2.19 bits per heavy atom. The molecule has 1 aromatic carbocycles. The molecule has 0 aromatic heterocycles. The van der Waals surface area contributed by atoms with E-state index in [-0.39, 0.29) is 17.9 Å². The van der Waals surface area contributed by atoms with Crippen LogP contribution in [0.4, 0.5) is 0 Å². The van der Waals surface area contributed by atoms with E-state index in [9.17, 15) is 18.3 Å². The summed E-state index contributed by atoms with van der Waals surface area (Å²) in [5.74, 6) is -0.344. The average Bonchev–Trinajstić information content (AvgIpc) is 3.00. The lowest BCUT2D eigenvalue weighted by Gasteiger charge is -2.22. The second-order valence-corrected chi connectivity index (χ2v) is 8.15. The number of sulfone groups is 1. The summed E-state index contributed by atoms with van der Waals surface area (Å²) >= 11 is 0. The molecule has 1 N–H and O–H groups in total. The Labute approximate surface area is 123 Å². The van der Waals surface area contributed by atoms with Gasteiger partial charge in [0.25, 0.3) is 0 Å². The highest BCUT2D eigenvalue weighted by molar-refractivity contribution is 7.91. The van der Waals surface area contributed by atoms with Gasteiger partial charge in [-0.2, -0.15) is 0 Å². The monoisotopic (exact) mass is 310 g/mol. The quantitative estimate of drug-likeness (QED) is 0.910. The fraction of sp³-hybridized carbons (Fsp3) is 0.533. The molecule has 2 heterocycles. The molecule has 21 heavy (non-hydrogen) atoms. The number of ether oxygens (including phenoxy) is 1. The molecular weight excluding hydrogens is 292 g/mol. The predicted molar refractivity (Wildman–Crippen MR) is 77.3 cm³/mol. The molecule has 3 rings (SSSR count). The van der Waals surface area contributed by atoms with Crippen molar-refractivity contribution in [2.75, 3.05) is 18.1 Å². The van der Waals surface area contributed by atoms with Crippen LogP contribution in [0.1, 0.15) is 24.0 Å². The summed E-state index contributed by atoms with van der Waals surface area (Å²) in [6, 6.07) is 5.89. The largest absolute Gasteiger partial charge is 0.493 e. The lowest BCUT2D eigenvalue weighted by Crippen LogP contribution is -2.32. The van der Waals surface area contributed by atoms with Gasteiger partial charge in [-0.3, -0.25) is 4.79 Å². The van der Waals surface area contributed by atoms with Crippen molar-refractivity contribution in [1.82, 2.24) is 0 Å². The highest BCUT2D eigenvalue weighted by atomic mass is 32.2. The maximum absolute atomic E-state index is 11.6. The van der Waals surface area contributed by atoms with Crippen LogP contribution in [0, 0.1) is 5.41 Å². The Morgan fingerprint density at radius 1 is 1.38 bits per heavy atom. The molecular formula is C15H18O5S. The van der Waals surface area contributed by atoms with Crippen LogP contribution in [0.2, 0.25) is 0 Å². The Morgan fingerprint density at radius 3 is 2.86 bits per heavy atom. The van der Waals surface area contributed by atoms with Gasteiger partial charge in [-0.25, -0.2) is 8.42 Å². The Balaban J connectivity index is 1.75. The van der Waals surface area contributed by atoms with Crippen molar-refractivity contribution in [3.63, 3.8) is 0 Å². The van der Waals surface area contributed by atoms with Crippen LogP contribution in [-0.4, -0.2) is 37.6 Å². The molecule has 1 saturated heterocycles. The second kappa shape index (κ2) is 5.02. The molecule has 0 aliphatic carbocycles. The van der Waals surface area contributed by atoms with Crippen LogP contribution < -0.4 is 4.74 Å². The normalized spacial score (nSPS) is 26.3. The zero-order valence-corrected chi connectivity index (χ0v) is 12.5. The molecule has 1 unspecified atom stereocenters. The minimum atomic E-state index is -3.21. The number of carbonyl (C=O) groups is 1. The van der Waals surface area contributed by atoms with Crippen LogP contribution in [0.25, 0.3) is 0 Å². The molecule has 1 atom stereocenters. The summed E-state index contributed by atoms with van der Waals surface area (Å²) in [6.07, 6.45) is 2.04. The number of fused-ring (bicyclic) bond motifs is 1. The highest BCUT2D eigenvalue weighted by Gasteiger charge is 2.47. The summed E-state index contributed by atoms with van der Waals surface area (Å²) in [7, 11) is -3.21. The number of carboxylic acid groups (broad SMARTS) is 1. The van der Waals surface area contributed by atoms with E-state index in [4.69, 9.17) is 4.74 Å². The number of hydrogen-bond donors (Lipinski definition) is 1. The van der Waals surface area contributed by atoms with Crippen LogP contribution in [0.3, 0.4) is 0 Å². The van der Waals surface area contributed by atoms with Gasteiger partial charge >= 0.3 is 5.97 Å². The third-order valence-corrected chi connectivity index (χ3v) is 6.31. The van der Waals surface area contributed by atoms with Gasteiger partial charge in [0.1, 0.15) is 5.75 Å². The van der Waals surface area contributed by atoms with E-state index >= 15 is 0 Å². The summed E-state index contributed by atoms with van der Waals surface area (Å²) in [5.41, 5.74) is 1.08. The van der Waals surface area contributed by atoms with Gasteiger partial charge in [0, 0.05) is 6.42 Å². The molecule has 2 aliphatic rings. The molecule has 0 bridgehead atoms. The maximum atomic E-state index is 11.6. The minimum absolute atomic E-state index is 0.0165. The molecule has 5 nitrogen and oxygen atoms in total. The Bertz CT molecular complexity index is 679. The van der Waals surface area contributed by atoms with Crippen LogP contribution in [0.15, 0.2) is 18.2 Å². The van der Waals surface area contributed by atoms with Gasteiger partial charge in [-0.15, -0.1) is 0 Å². The Kier molecular flexibility index (Phi) is 3.43. The molecule has 0 saturated carbocycles. The van der Waals surface area contributed by atoms with E-state index in [1.165, 1.54) is 0 Å². The zero-order chi connectivity index (χ0) is 15.1. The number of benzene rings is 1. The van der Waals surface area contributed by atoms with Crippen molar-refractivity contribution < 1.29 is 23.1 Å². The maximum Gasteiger partial charge on any atom is 0.310 e. The first-order valence-electron chi connectivity index (χ1n) is 7.09. The average molecular weight is 310 g/mol. The lowest BCUT2D eigenvalue weighted by molar-refractivity contribution is -0.147. The van der Waals surface area contributed by atoms with E-state index in [2.05, 4.69) is 0 Å². The van der Waals surface area contributed by atoms with E-state index in [0.29, 0.717) is 19.4 Å². The zero-order valence-electron chi connectivity index (χ0n) is 11.7. The van der Waals surface area contributed by atoms with Crippen molar-refractivity contribution in [1.29, 1.82) is 0 Å². The summed E-state index contributed by atoms with van der Waals surface area (Å²) in [6.45, 7) is 0.691. The van der Waals surface area contributed by atoms with Crippen molar-refractivity contribution in [3.05, 3.63) is 29.3 Å². The topological polar surface area (TPSA) is 80.7 Å². The number of carboxylic acids is 1. The molecule has 6 heteroatoms. The SMILES string of the molecule is O=C(O)C1(CCc2ccc3c(c2)CCO3)CCS(=O)(=O)C1. The van der Waals surface area contributed by atoms with Gasteiger partial charge in [0.05, 0.1) is 23.5 Å². The molecule has 0 radical (unpaired) electrons. The van der Waals surface area contributed by atoms with Crippen LogP contribution >= 0.6 is 0 Å². The van der Waals surface area contributed by atoms with Crippen molar-refractivity contribution in [3.8, 4) is 5.75 Å². The molecule has 1 aromatic rings. The van der Waals surface area contributed by atoms with Gasteiger partial charge in [0.2, 0.25) is 0 Å². The minimum Gasteiger partial charge on any atom is -0.493 e. The summed E-state index contributed by atoms with van der Waals surface area (Å²) in [4.78, 5) is 11.5. The number of aliphatic carboxylic acids is 1. The number of rotatable bonds is 4.